The van der Waals surface area contributed by atoms with E-state index in [1.165, 1.54) is 12.1 Å². The fraction of sp³-hybridized carbons (Fsp3) is 0.381. The van der Waals surface area contributed by atoms with E-state index in [2.05, 4.69) is 10.0 Å². The van der Waals surface area contributed by atoms with E-state index < -0.39 is 10.0 Å². The van der Waals surface area contributed by atoms with Crippen molar-refractivity contribution in [3.05, 3.63) is 54.1 Å². The van der Waals surface area contributed by atoms with Gasteiger partial charge in [-0.25, -0.2) is 13.1 Å². The summed E-state index contributed by atoms with van der Waals surface area (Å²) in [4.78, 5) is 12.8. The van der Waals surface area contributed by atoms with Gasteiger partial charge in [-0.2, -0.15) is 0 Å². The van der Waals surface area contributed by atoms with Crippen molar-refractivity contribution in [2.24, 2.45) is 0 Å². The number of hydrogen-bond donors (Lipinski definition) is 2. The Labute approximate surface area is 166 Å². The largest absolute Gasteiger partial charge is 0.488 e. The molecule has 1 saturated carbocycles. The highest BCUT2D eigenvalue weighted by Crippen LogP contribution is 2.30. The second-order valence-corrected chi connectivity index (χ2v) is 8.99. The molecule has 0 radical (unpaired) electrons. The molecule has 2 aromatic carbocycles. The third kappa shape index (κ3) is 5.11. The van der Waals surface area contributed by atoms with Crippen LogP contribution in [0.1, 0.15) is 49.9 Å². The molecule has 3 rings (SSSR count). The molecule has 0 spiro atoms. The van der Waals surface area contributed by atoms with Crippen LogP contribution in [0.15, 0.2) is 53.4 Å². The number of carbonyl (C=O) groups is 1. The van der Waals surface area contributed by atoms with Crippen LogP contribution in [0, 0.1) is 0 Å². The van der Waals surface area contributed by atoms with Gasteiger partial charge in [-0.1, -0.05) is 18.2 Å². The summed E-state index contributed by atoms with van der Waals surface area (Å²) in [6, 6.07) is 13.1. The predicted molar refractivity (Wildman–Crippen MR) is 109 cm³/mol. The van der Waals surface area contributed by atoms with E-state index in [4.69, 9.17) is 4.74 Å². The number of hydrogen-bond acceptors (Lipinski definition) is 4. The highest BCUT2D eigenvalue weighted by atomic mass is 32.2. The normalized spacial score (nSPS) is 15.0. The second-order valence-electron chi connectivity index (χ2n) is 7.28. The Morgan fingerprint density at radius 3 is 2.50 bits per heavy atom. The zero-order valence-electron chi connectivity index (χ0n) is 16.1. The van der Waals surface area contributed by atoms with E-state index in [9.17, 15) is 13.2 Å². The molecule has 0 aromatic heterocycles. The molecular formula is C21H26N2O4S. The van der Waals surface area contributed by atoms with E-state index >= 15 is 0 Å². The SMILES string of the molecule is CC(C)NS(=O)(=O)c1cccc(C(=O)Nc2ccccc2OC2CCCC2)c1. The summed E-state index contributed by atoms with van der Waals surface area (Å²) in [5, 5.41) is 2.84. The van der Waals surface area contributed by atoms with Gasteiger partial charge in [0.15, 0.2) is 0 Å². The number of sulfonamides is 1. The van der Waals surface area contributed by atoms with Crippen LogP contribution in [0.4, 0.5) is 5.69 Å². The molecule has 150 valence electrons. The molecule has 0 saturated heterocycles. The molecule has 0 heterocycles. The monoisotopic (exact) mass is 402 g/mol. The molecule has 1 amide bonds. The van der Waals surface area contributed by atoms with Crippen LogP contribution in [-0.2, 0) is 10.0 Å². The summed E-state index contributed by atoms with van der Waals surface area (Å²) in [5.41, 5.74) is 0.843. The molecule has 2 aromatic rings. The minimum atomic E-state index is -3.67. The van der Waals surface area contributed by atoms with Crippen molar-refractivity contribution in [1.82, 2.24) is 4.72 Å². The molecule has 1 aliphatic carbocycles. The maximum Gasteiger partial charge on any atom is 0.255 e. The first-order valence-electron chi connectivity index (χ1n) is 9.54. The quantitative estimate of drug-likeness (QED) is 0.734. The van der Waals surface area contributed by atoms with Crippen LogP contribution >= 0.6 is 0 Å². The summed E-state index contributed by atoms with van der Waals surface area (Å²) < 4.78 is 33.3. The van der Waals surface area contributed by atoms with Crippen molar-refractivity contribution in [3.63, 3.8) is 0 Å². The topological polar surface area (TPSA) is 84.5 Å². The summed E-state index contributed by atoms with van der Waals surface area (Å²) in [7, 11) is -3.67. The maximum absolute atomic E-state index is 12.7. The van der Waals surface area contributed by atoms with Crippen molar-refractivity contribution in [2.75, 3.05) is 5.32 Å². The Balaban J connectivity index is 1.78. The van der Waals surface area contributed by atoms with E-state index in [1.54, 1.807) is 32.0 Å². The molecule has 1 aliphatic rings. The molecule has 2 N–H and O–H groups in total. The summed E-state index contributed by atoms with van der Waals surface area (Å²) in [6.45, 7) is 3.49. The number of anilines is 1. The van der Waals surface area contributed by atoms with Crippen molar-refractivity contribution in [2.45, 2.75) is 56.6 Å². The highest BCUT2D eigenvalue weighted by molar-refractivity contribution is 7.89. The molecular weight excluding hydrogens is 376 g/mol. The van der Waals surface area contributed by atoms with Crippen LogP contribution < -0.4 is 14.8 Å². The summed E-state index contributed by atoms with van der Waals surface area (Å²) in [6.07, 6.45) is 4.53. The Morgan fingerprint density at radius 1 is 1.07 bits per heavy atom. The van der Waals surface area contributed by atoms with Gasteiger partial charge in [0.2, 0.25) is 10.0 Å². The molecule has 7 heteroatoms. The third-order valence-electron chi connectivity index (χ3n) is 4.53. The Morgan fingerprint density at radius 2 is 1.79 bits per heavy atom. The van der Waals surface area contributed by atoms with Gasteiger partial charge < -0.3 is 10.1 Å². The maximum atomic E-state index is 12.7. The van der Waals surface area contributed by atoms with Gasteiger partial charge in [-0.3, -0.25) is 4.79 Å². The van der Waals surface area contributed by atoms with Crippen LogP contribution in [0.25, 0.3) is 0 Å². The summed E-state index contributed by atoms with van der Waals surface area (Å²) >= 11 is 0. The van der Waals surface area contributed by atoms with Gasteiger partial charge in [0.1, 0.15) is 5.75 Å². The molecule has 0 unspecified atom stereocenters. The number of ether oxygens (including phenoxy) is 1. The first-order chi connectivity index (χ1) is 13.3. The van der Waals surface area contributed by atoms with E-state index in [-0.39, 0.29) is 28.5 Å². The number of para-hydroxylation sites is 2. The number of benzene rings is 2. The standard InChI is InChI=1S/C21H26N2O4S/c1-15(2)23-28(25,26)18-11-7-8-16(14-18)21(24)22-19-12-5-6-13-20(19)27-17-9-3-4-10-17/h5-8,11-15,17,23H,3-4,9-10H2,1-2H3,(H,22,24). The van der Waals surface area contributed by atoms with Gasteiger partial charge >= 0.3 is 0 Å². The summed E-state index contributed by atoms with van der Waals surface area (Å²) in [5.74, 6) is 0.247. The van der Waals surface area contributed by atoms with Gasteiger partial charge in [-0.15, -0.1) is 0 Å². The lowest BCUT2D eigenvalue weighted by Crippen LogP contribution is -2.30. The van der Waals surface area contributed by atoms with Crippen molar-refractivity contribution >= 4 is 21.6 Å². The lowest BCUT2D eigenvalue weighted by atomic mass is 10.2. The van der Waals surface area contributed by atoms with E-state index in [0.29, 0.717) is 11.4 Å². The van der Waals surface area contributed by atoms with Crippen molar-refractivity contribution < 1.29 is 17.9 Å². The average molecular weight is 403 g/mol. The predicted octanol–water partition coefficient (Wildman–Crippen LogP) is 3.95. The zero-order chi connectivity index (χ0) is 20.1. The molecule has 6 nitrogen and oxygen atoms in total. The fourth-order valence-corrected chi connectivity index (χ4v) is 4.53. The smallest absolute Gasteiger partial charge is 0.255 e. The molecule has 0 atom stereocenters. The van der Waals surface area contributed by atoms with Crippen LogP contribution in [0.5, 0.6) is 5.75 Å². The van der Waals surface area contributed by atoms with E-state index in [1.807, 2.05) is 18.2 Å². The minimum absolute atomic E-state index is 0.0596. The van der Waals surface area contributed by atoms with Gasteiger partial charge in [0.25, 0.3) is 5.91 Å². The average Bonchev–Trinajstić information content (AvgIpc) is 3.15. The van der Waals surface area contributed by atoms with Crippen molar-refractivity contribution in [1.29, 1.82) is 0 Å². The van der Waals surface area contributed by atoms with E-state index in [0.717, 1.165) is 25.7 Å². The highest BCUT2D eigenvalue weighted by Gasteiger charge is 2.20. The first-order valence-corrected chi connectivity index (χ1v) is 11.0. The third-order valence-corrected chi connectivity index (χ3v) is 6.18. The zero-order valence-corrected chi connectivity index (χ0v) is 17.0. The van der Waals surface area contributed by atoms with Crippen LogP contribution in [0.3, 0.4) is 0 Å². The van der Waals surface area contributed by atoms with Gasteiger partial charge in [-0.05, 0) is 69.9 Å². The number of nitrogens with one attached hydrogen (secondary N) is 2. The molecule has 28 heavy (non-hydrogen) atoms. The van der Waals surface area contributed by atoms with Gasteiger partial charge in [0, 0.05) is 11.6 Å². The lowest BCUT2D eigenvalue weighted by Gasteiger charge is -2.17. The Hall–Kier alpha value is -2.38. The van der Waals surface area contributed by atoms with Crippen molar-refractivity contribution in [3.8, 4) is 5.75 Å². The number of amides is 1. The molecule has 1 fully saturated rings. The van der Waals surface area contributed by atoms with Crippen LogP contribution in [0.2, 0.25) is 0 Å². The minimum Gasteiger partial charge on any atom is -0.488 e. The Kier molecular flexibility index (Phi) is 6.36. The van der Waals surface area contributed by atoms with Gasteiger partial charge in [0.05, 0.1) is 16.7 Å². The number of rotatable bonds is 7. The Bertz CT molecular complexity index is 935. The first kappa shape index (κ1) is 20.4. The van der Waals surface area contributed by atoms with Crippen LogP contribution in [-0.4, -0.2) is 26.5 Å². The lowest BCUT2D eigenvalue weighted by molar-refractivity contribution is 0.102. The second kappa shape index (κ2) is 8.75. The molecule has 0 bridgehead atoms. The molecule has 0 aliphatic heterocycles. The number of carbonyl (C=O) groups excluding carboxylic acids is 1. The fourth-order valence-electron chi connectivity index (χ4n) is 3.24.